The number of amides is 1. The smallest absolute Gasteiger partial charge is 0.222 e. The number of ether oxygens (including phenoxy) is 1. The summed E-state index contributed by atoms with van der Waals surface area (Å²) in [5.41, 5.74) is 7.11. The van der Waals surface area contributed by atoms with E-state index in [2.05, 4.69) is 25.7 Å². The molecule has 0 spiro atoms. The Kier molecular flexibility index (Phi) is 6.52. The molecule has 0 saturated heterocycles. The Labute approximate surface area is 134 Å². The second kappa shape index (κ2) is 8.86. The van der Waals surface area contributed by atoms with Gasteiger partial charge in [-0.15, -0.1) is 20.4 Å². The second-order valence-corrected chi connectivity index (χ2v) is 4.90. The number of carbonyl (C=O) groups is 1. The highest BCUT2D eigenvalue weighted by Crippen LogP contribution is 2.13. The summed E-state index contributed by atoms with van der Waals surface area (Å²) in [6.07, 6.45) is 0.326. The molecule has 8 heteroatoms. The van der Waals surface area contributed by atoms with Crippen molar-refractivity contribution in [1.29, 1.82) is 0 Å². The molecule has 122 valence electrons. The molecule has 0 atom stereocenters. The highest BCUT2D eigenvalue weighted by atomic mass is 16.5. The minimum absolute atomic E-state index is 0.0543. The average molecular weight is 316 g/mol. The first-order valence-corrected chi connectivity index (χ1v) is 7.37. The topological polar surface area (TPSA) is 116 Å². The van der Waals surface area contributed by atoms with E-state index in [1.54, 1.807) is 6.92 Å². The van der Waals surface area contributed by atoms with Gasteiger partial charge in [0.25, 0.3) is 0 Å². The van der Waals surface area contributed by atoms with Crippen molar-refractivity contribution in [2.75, 3.05) is 19.8 Å². The van der Waals surface area contributed by atoms with Gasteiger partial charge in [-0.3, -0.25) is 4.79 Å². The number of aryl methyl sites for hydroxylation is 1. The zero-order valence-electron chi connectivity index (χ0n) is 13.0. The monoisotopic (exact) mass is 316 g/mol. The quantitative estimate of drug-likeness (QED) is 0.669. The number of carbonyl (C=O) groups excluding carboxylic acids is 1. The van der Waals surface area contributed by atoms with E-state index in [0.717, 1.165) is 11.1 Å². The molecule has 0 bridgehead atoms. The number of rotatable bonds is 8. The summed E-state index contributed by atoms with van der Waals surface area (Å²) in [6, 6.07) is 7.56. The van der Waals surface area contributed by atoms with E-state index in [4.69, 9.17) is 10.5 Å². The molecule has 1 aromatic carbocycles. The number of nitrogens with zero attached hydrogens (tertiary/aromatic N) is 4. The van der Waals surface area contributed by atoms with Crippen molar-refractivity contribution in [3.05, 3.63) is 35.7 Å². The van der Waals surface area contributed by atoms with Gasteiger partial charge in [0.2, 0.25) is 11.7 Å². The van der Waals surface area contributed by atoms with Gasteiger partial charge in [-0.1, -0.05) is 24.3 Å². The zero-order valence-corrected chi connectivity index (χ0v) is 13.0. The first-order valence-electron chi connectivity index (χ1n) is 7.37. The molecule has 0 aliphatic carbocycles. The van der Waals surface area contributed by atoms with Gasteiger partial charge in [0, 0.05) is 25.1 Å². The lowest BCUT2D eigenvalue weighted by molar-refractivity contribution is -0.122. The van der Waals surface area contributed by atoms with E-state index >= 15 is 0 Å². The molecule has 0 unspecified atom stereocenters. The predicted octanol–water partition coefficient (Wildman–Crippen LogP) is 0.224. The zero-order chi connectivity index (χ0) is 16.5. The number of benzene rings is 1. The minimum atomic E-state index is -0.0543. The Bertz CT molecular complexity index is 615. The van der Waals surface area contributed by atoms with Crippen LogP contribution in [0.15, 0.2) is 24.3 Å². The molecule has 2 rings (SSSR count). The first kappa shape index (κ1) is 16.9. The van der Waals surface area contributed by atoms with Gasteiger partial charge < -0.3 is 15.8 Å². The summed E-state index contributed by atoms with van der Waals surface area (Å²) >= 11 is 0. The number of hydrogen-bond acceptors (Lipinski definition) is 7. The largest absolute Gasteiger partial charge is 0.380 e. The van der Waals surface area contributed by atoms with Crippen molar-refractivity contribution in [2.24, 2.45) is 5.73 Å². The highest BCUT2D eigenvalue weighted by Gasteiger charge is 2.04. The summed E-state index contributed by atoms with van der Waals surface area (Å²) in [7, 11) is 0. The molecular weight excluding hydrogens is 296 g/mol. The first-order chi connectivity index (χ1) is 11.2. The third kappa shape index (κ3) is 5.68. The fourth-order valence-corrected chi connectivity index (χ4v) is 1.81. The van der Waals surface area contributed by atoms with E-state index in [-0.39, 0.29) is 5.91 Å². The van der Waals surface area contributed by atoms with Crippen LogP contribution in [0.3, 0.4) is 0 Å². The van der Waals surface area contributed by atoms with E-state index in [0.29, 0.717) is 44.4 Å². The lowest BCUT2D eigenvalue weighted by Gasteiger charge is -2.06. The SMILES string of the molecule is Cc1nnc(-c2ccc(CNC(=O)CCOCCN)cc2)nn1. The molecular formula is C15H20N6O2. The van der Waals surface area contributed by atoms with Crippen LogP contribution in [0.5, 0.6) is 0 Å². The van der Waals surface area contributed by atoms with Crippen molar-refractivity contribution in [3.8, 4) is 11.4 Å². The normalized spacial score (nSPS) is 10.5. The van der Waals surface area contributed by atoms with E-state index in [1.807, 2.05) is 24.3 Å². The Morgan fingerprint density at radius 1 is 1.13 bits per heavy atom. The van der Waals surface area contributed by atoms with Crippen molar-refractivity contribution >= 4 is 5.91 Å². The van der Waals surface area contributed by atoms with Gasteiger partial charge in [0.05, 0.1) is 13.2 Å². The minimum Gasteiger partial charge on any atom is -0.380 e. The van der Waals surface area contributed by atoms with Gasteiger partial charge in [0.15, 0.2) is 5.82 Å². The Balaban J connectivity index is 1.81. The maximum atomic E-state index is 11.6. The van der Waals surface area contributed by atoms with Crippen molar-refractivity contribution < 1.29 is 9.53 Å². The van der Waals surface area contributed by atoms with E-state index in [1.165, 1.54) is 0 Å². The third-order valence-electron chi connectivity index (χ3n) is 3.02. The summed E-state index contributed by atoms with van der Waals surface area (Å²) in [5, 5.41) is 18.6. The highest BCUT2D eigenvalue weighted by molar-refractivity contribution is 5.75. The average Bonchev–Trinajstić information content (AvgIpc) is 2.58. The van der Waals surface area contributed by atoms with E-state index in [9.17, 15) is 4.79 Å². The third-order valence-corrected chi connectivity index (χ3v) is 3.02. The van der Waals surface area contributed by atoms with Crippen LogP contribution in [0.4, 0.5) is 0 Å². The van der Waals surface area contributed by atoms with Gasteiger partial charge in [-0.05, 0) is 12.5 Å². The van der Waals surface area contributed by atoms with Crippen LogP contribution in [0.1, 0.15) is 17.8 Å². The second-order valence-electron chi connectivity index (χ2n) is 4.90. The number of nitrogens with one attached hydrogen (secondary N) is 1. The molecule has 0 aliphatic rings. The molecule has 2 aromatic rings. The van der Waals surface area contributed by atoms with E-state index < -0.39 is 0 Å². The molecule has 3 N–H and O–H groups in total. The van der Waals surface area contributed by atoms with Crippen molar-refractivity contribution in [1.82, 2.24) is 25.7 Å². The molecule has 1 heterocycles. The van der Waals surface area contributed by atoms with Crippen LogP contribution in [-0.4, -0.2) is 46.1 Å². The molecule has 0 fully saturated rings. The molecule has 1 aromatic heterocycles. The molecule has 8 nitrogen and oxygen atoms in total. The molecule has 0 saturated carbocycles. The van der Waals surface area contributed by atoms with Gasteiger partial charge >= 0.3 is 0 Å². The molecule has 23 heavy (non-hydrogen) atoms. The lowest BCUT2D eigenvalue weighted by atomic mass is 10.1. The summed E-state index contributed by atoms with van der Waals surface area (Å²) in [6.45, 7) is 3.51. The van der Waals surface area contributed by atoms with Crippen LogP contribution >= 0.6 is 0 Å². The van der Waals surface area contributed by atoms with Gasteiger partial charge in [-0.2, -0.15) is 0 Å². The fourth-order valence-electron chi connectivity index (χ4n) is 1.81. The van der Waals surface area contributed by atoms with Crippen LogP contribution in [0.2, 0.25) is 0 Å². The summed E-state index contributed by atoms with van der Waals surface area (Å²) < 4.78 is 5.17. The standard InChI is InChI=1S/C15H20N6O2/c1-11-18-20-15(21-19-11)13-4-2-12(3-5-13)10-17-14(22)6-8-23-9-7-16/h2-5H,6-10,16H2,1H3,(H,17,22). The van der Waals surface area contributed by atoms with Crippen LogP contribution in [-0.2, 0) is 16.1 Å². The fraction of sp³-hybridized carbons (Fsp3) is 0.400. The number of aromatic nitrogens is 4. The lowest BCUT2D eigenvalue weighted by Crippen LogP contribution is -2.24. The Hall–Kier alpha value is -2.45. The maximum absolute atomic E-state index is 11.6. The number of hydrogen-bond donors (Lipinski definition) is 2. The van der Waals surface area contributed by atoms with Crippen molar-refractivity contribution in [2.45, 2.75) is 19.9 Å². The van der Waals surface area contributed by atoms with Crippen LogP contribution in [0, 0.1) is 6.92 Å². The van der Waals surface area contributed by atoms with Crippen molar-refractivity contribution in [3.63, 3.8) is 0 Å². The summed E-state index contributed by atoms with van der Waals surface area (Å²) in [5.74, 6) is 0.952. The predicted molar refractivity (Wildman–Crippen MR) is 84.1 cm³/mol. The number of nitrogens with two attached hydrogens (primary N) is 1. The van der Waals surface area contributed by atoms with Crippen LogP contribution in [0.25, 0.3) is 11.4 Å². The molecule has 1 amide bonds. The Morgan fingerprint density at radius 2 is 1.83 bits per heavy atom. The Morgan fingerprint density at radius 3 is 2.48 bits per heavy atom. The maximum Gasteiger partial charge on any atom is 0.222 e. The van der Waals surface area contributed by atoms with Gasteiger partial charge in [-0.25, -0.2) is 0 Å². The molecule has 0 radical (unpaired) electrons. The van der Waals surface area contributed by atoms with Crippen LogP contribution < -0.4 is 11.1 Å². The summed E-state index contributed by atoms with van der Waals surface area (Å²) in [4.78, 5) is 11.6. The van der Waals surface area contributed by atoms with Gasteiger partial charge in [0.1, 0.15) is 0 Å². The molecule has 0 aliphatic heterocycles.